The predicted molar refractivity (Wildman–Crippen MR) is 106 cm³/mol. The lowest BCUT2D eigenvalue weighted by Crippen LogP contribution is -2.11. The standard InChI is InChI=1S/C20H25N3O4S/c1-19(2,3)15-10-26-17(22-15)13-8-12(28(7,24)25)9-14(21-13)18-23-16(11-27-18)20(4,5)6/h8-11H,1-7H3. The molecule has 3 aromatic heterocycles. The van der Waals surface area contributed by atoms with E-state index < -0.39 is 9.84 Å². The van der Waals surface area contributed by atoms with Crippen molar-refractivity contribution in [2.24, 2.45) is 0 Å². The van der Waals surface area contributed by atoms with Crippen LogP contribution in [0.5, 0.6) is 0 Å². The van der Waals surface area contributed by atoms with Gasteiger partial charge in [0.25, 0.3) is 0 Å². The van der Waals surface area contributed by atoms with Gasteiger partial charge < -0.3 is 8.83 Å². The van der Waals surface area contributed by atoms with Gasteiger partial charge in [-0.25, -0.2) is 23.4 Å². The monoisotopic (exact) mass is 403 g/mol. The average molecular weight is 404 g/mol. The van der Waals surface area contributed by atoms with Crippen LogP contribution in [0, 0.1) is 0 Å². The lowest BCUT2D eigenvalue weighted by Gasteiger charge is -2.13. The van der Waals surface area contributed by atoms with Crippen LogP contribution in [0.25, 0.3) is 23.2 Å². The zero-order valence-electron chi connectivity index (χ0n) is 17.2. The molecule has 150 valence electrons. The number of hydrogen-bond donors (Lipinski definition) is 0. The summed E-state index contributed by atoms with van der Waals surface area (Å²) in [6.07, 6.45) is 4.27. The van der Waals surface area contributed by atoms with Gasteiger partial charge in [0.1, 0.15) is 23.9 Å². The van der Waals surface area contributed by atoms with Crippen molar-refractivity contribution >= 4 is 9.84 Å². The van der Waals surface area contributed by atoms with Crippen molar-refractivity contribution in [3.63, 3.8) is 0 Å². The zero-order valence-corrected chi connectivity index (χ0v) is 18.0. The SMILES string of the molecule is CC(C)(C)c1coc(-c2cc(S(C)(=O)=O)cc(-c3nc(C(C)(C)C)co3)n2)n1. The Morgan fingerprint density at radius 3 is 1.43 bits per heavy atom. The molecule has 0 aliphatic heterocycles. The summed E-state index contributed by atoms with van der Waals surface area (Å²) in [7, 11) is -3.49. The van der Waals surface area contributed by atoms with Crippen molar-refractivity contribution in [1.29, 1.82) is 0 Å². The molecule has 3 aromatic rings. The largest absolute Gasteiger partial charge is 0.443 e. The summed E-state index contributed by atoms with van der Waals surface area (Å²) >= 11 is 0. The fourth-order valence-corrected chi connectivity index (χ4v) is 3.06. The smallest absolute Gasteiger partial charge is 0.245 e. The van der Waals surface area contributed by atoms with Crippen LogP contribution in [0.1, 0.15) is 52.9 Å². The lowest BCUT2D eigenvalue weighted by molar-refractivity contribution is 0.541. The second kappa shape index (κ2) is 6.55. The molecular weight excluding hydrogens is 378 g/mol. The second-order valence-electron chi connectivity index (χ2n) is 8.92. The molecule has 8 heteroatoms. The molecule has 0 N–H and O–H groups in total. The van der Waals surface area contributed by atoms with E-state index >= 15 is 0 Å². The maximum absolute atomic E-state index is 12.2. The van der Waals surface area contributed by atoms with Crippen molar-refractivity contribution in [1.82, 2.24) is 15.0 Å². The molecule has 0 aliphatic carbocycles. The average Bonchev–Trinajstić information content (AvgIpc) is 3.22. The summed E-state index contributed by atoms with van der Waals surface area (Å²) < 4.78 is 35.5. The van der Waals surface area contributed by atoms with E-state index in [9.17, 15) is 8.42 Å². The second-order valence-corrected chi connectivity index (χ2v) is 10.9. The topological polar surface area (TPSA) is 99.1 Å². The summed E-state index contributed by atoms with van der Waals surface area (Å²) in [5.41, 5.74) is 1.71. The van der Waals surface area contributed by atoms with Gasteiger partial charge in [-0.05, 0) is 12.1 Å². The molecule has 0 amide bonds. The Labute approximate surface area is 165 Å². The fourth-order valence-electron chi connectivity index (χ4n) is 2.41. The summed E-state index contributed by atoms with van der Waals surface area (Å²) in [6, 6.07) is 2.90. The van der Waals surface area contributed by atoms with Gasteiger partial charge in [0.05, 0.1) is 16.3 Å². The molecule has 3 heterocycles. The Morgan fingerprint density at radius 2 is 1.14 bits per heavy atom. The molecule has 3 rings (SSSR count). The highest BCUT2D eigenvalue weighted by Gasteiger charge is 2.24. The Bertz CT molecular complexity index is 1040. The van der Waals surface area contributed by atoms with E-state index in [4.69, 9.17) is 8.83 Å². The van der Waals surface area contributed by atoms with Gasteiger partial charge in [0.2, 0.25) is 11.8 Å². The van der Waals surface area contributed by atoms with E-state index in [1.807, 2.05) is 41.5 Å². The lowest BCUT2D eigenvalue weighted by atomic mass is 9.93. The first-order valence-corrected chi connectivity index (χ1v) is 10.8. The minimum Gasteiger partial charge on any atom is -0.443 e. The fraction of sp³-hybridized carbons (Fsp3) is 0.450. The molecule has 0 fully saturated rings. The predicted octanol–water partition coefficient (Wildman–Crippen LogP) is 4.39. The molecular formula is C20H25N3O4S. The van der Waals surface area contributed by atoms with E-state index in [2.05, 4.69) is 15.0 Å². The van der Waals surface area contributed by atoms with E-state index in [0.29, 0.717) is 11.4 Å². The van der Waals surface area contributed by atoms with Crippen molar-refractivity contribution < 1.29 is 17.3 Å². The maximum Gasteiger partial charge on any atom is 0.245 e. The molecule has 0 aromatic carbocycles. The van der Waals surface area contributed by atoms with Crippen LogP contribution in [0.2, 0.25) is 0 Å². The number of nitrogens with zero attached hydrogens (tertiary/aromatic N) is 3. The van der Waals surface area contributed by atoms with Crippen LogP contribution in [-0.4, -0.2) is 29.6 Å². The van der Waals surface area contributed by atoms with Crippen molar-refractivity contribution in [3.05, 3.63) is 36.0 Å². The third kappa shape index (κ3) is 4.16. The molecule has 0 aliphatic rings. The van der Waals surface area contributed by atoms with Gasteiger partial charge in [-0.1, -0.05) is 41.5 Å². The van der Waals surface area contributed by atoms with Crippen LogP contribution < -0.4 is 0 Å². The molecule has 7 nitrogen and oxygen atoms in total. The van der Waals surface area contributed by atoms with E-state index in [-0.39, 0.29) is 27.5 Å². The number of aromatic nitrogens is 3. The van der Waals surface area contributed by atoms with Crippen LogP contribution in [0.4, 0.5) is 0 Å². The van der Waals surface area contributed by atoms with Crippen molar-refractivity contribution in [2.45, 2.75) is 57.3 Å². The van der Waals surface area contributed by atoms with Gasteiger partial charge in [-0.2, -0.15) is 0 Å². The Hall–Kier alpha value is -2.48. The van der Waals surface area contributed by atoms with Crippen molar-refractivity contribution in [3.8, 4) is 23.2 Å². The first kappa shape index (κ1) is 20.3. The Kier molecular flexibility index (Phi) is 4.74. The summed E-state index contributed by atoms with van der Waals surface area (Å²) in [4.78, 5) is 13.6. The number of oxazole rings is 2. The van der Waals surface area contributed by atoms with Crippen molar-refractivity contribution in [2.75, 3.05) is 6.26 Å². The normalized spacial score (nSPS) is 13.1. The van der Waals surface area contributed by atoms with Crippen LogP contribution in [-0.2, 0) is 20.7 Å². The molecule has 0 bridgehead atoms. The van der Waals surface area contributed by atoms with Gasteiger partial charge in [0, 0.05) is 17.1 Å². The number of hydrogen-bond acceptors (Lipinski definition) is 7. The van der Waals surface area contributed by atoms with Gasteiger partial charge in [-0.15, -0.1) is 0 Å². The van der Waals surface area contributed by atoms with Gasteiger partial charge in [0.15, 0.2) is 9.84 Å². The van der Waals surface area contributed by atoms with Crippen LogP contribution in [0.3, 0.4) is 0 Å². The van der Waals surface area contributed by atoms with Crippen LogP contribution in [0.15, 0.2) is 38.4 Å². The summed E-state index contributed by atoms with van der Waals surface area (Å²) in [5.74, 6) is 0.499. The van der Waals surface area contributed by atoms with Gasteiger partial charge in [-0.3, -0.25) is 0 Å². The van der Waals surface area contributed by atoms with E-state index in [1.165, 1.54) is 12.1 Å². The molecule has 0 saturated carbocycles. The number of rotatable bonds is 3. The minimum atomic E-state index is -3.49. The number of sulfone groups is 1. The first-order chi connectivity index (χ1) is 12.7. The highest BCUT2D eigenvalue weighted by atomic mass is 32.2. The Morgan fingerprint density at radius 1 is 0.750 bits per heavy atom. The molecule has 0 spiro atoms. The van der Waals surface area contributed by atoms with Gasteiger partial charge >= 0.3 is 0 Å². The molecule has 0 atom stereocenters. The molecule has 0 unspecified atom stereocenters. The maximum atomic E-state index is 12.2. The third-order valence-electron chi connectivity index (χ3n) is 4.21. The number of pyridine rings is 1. The minimum absolute atomic E-state index is 0.0958. The molecule has 28 heavy (non-hydrogen) atoms. The third-order valence-corrected chi connectivity index (χ3v) is 5.30. The van der Waals surface area contributed by atoms with E-state index in [1.54, 1.807) is 12.5 Å². The summed E-state index contributed by atoms with van der Waals surface area (Å²) in [6.45, 7) is 12.1. The highest BCUT2D eigenvalue weighted by molar-refractivity contribution is 7.90. The quantitative estimate of drug-likeness (QED) is 0.639. The first-order valence-electron chi connectivity index (χ1n) is 8.90. The molecule has 0 saturated heterocycles. The molecule has 0 radical (unpaired) electrons. The van der Waals surface area contributed by atoms with Crippen LogP contribution >= 0.6 is 0 Å². The summed E-state index contributed by atoms with van der Waals surface area (Å²) in [5, 5.41) is 0. The van der Waals surface area contributed by atoms with E-state index in [0.717, 1.165) is 17.6 Å². The highest BCUT2D eigenvalue weighted by Crippen LogP contribution is 2.30. The Balaban J connectivity index is 2.16. The zero-order chi connectivity index (χ0) is 20.9.